The molecule has 3 N–H and O–H groups in total. The molecule has 1 fully saturated rings. The van der Waals surface area contributed by atoms with Crippen molar-refractivity contribution in [2.45, 2.75) is 56.8 Å². The fourth-order valence-electron chi connectivity index (χ4n) is 2.11. The average molecular weight is 316 g/mol. The third-order valence-electron chi connectivity index (χ3n) is 3.62. The molecule has 120 valence electrons. The first-order chi connectivity index (χ1) is 9.97. The third kappa shape index (κ3) is 4.26. The van der Waals surface area contributed by atoms with Crippen LogP contribution in [-0.2, 0) is 21.3 Å². The standard InChI is InChI=1S/C13H24N4O3S/c1-4-10(8-20-3)17-21(18,19)13-12(9(2)15-16-13)7-14-11-5-6-11/h10-11,14,17H,4-8H2,1-3H3,(H,15,16). The minimum Gasteiger partial charge on any atom is -0.383 e. The third-order valence-corrected chi connectivity index (χ3v) is 5.11. The van der Waals surface area contributed by atoms with Crippen LogP contribution in [0.4, 0.5) is 0 Å². The van der Waals surface area contributed by atoms with Crippen molar-refractivity contribution in [1.82, 2.24) is 20.2 Å². The highest BCUT2D eigenvalue weighted by Gasteiger charge is 2.28. The van der Waals surface area contributed by atoms with Gasteiger partial charge < -0.3 is 10.1 Å². The first-order valence-corrected chi connectivity index (χ1v) is 8.74. The topological polar surface area (TPSA) is 96.1 Å². The fraction of sp³-hybridized carbons (Fsp3) is 0.769. The van der Waals surface area contributed by atoms with Gasteiger partial charge in [0.25, 0.3) is 10.0 Å². The largest absolute Gasteiger partial charge is 0.383 e. The zero-order valence-corrected chi connectivity index (χ0v) is 13.6. The van der Waals surface area contributed by atoms with E-state index in [0.717, 1.165) is 18.5 Å². The quantitative estimate of drug-likeness (QED) is 0.622. The lowest BCUT2D eigenvalue weighted by atomic mass is 10.2. The van der Waals surface area contributed by atoms with Crippen molar-refractivity contribution in [3.8, 4) is 0 Å². The van der Waals surface area contributed by atoms with Gasteiger partial charge in [0.2, 0.25) is 0 Å². The number of rotatable bonds is 9. The summed E-state index contributed by atoms with van der Waals surface area (Å²) in [5.74, 6) is 0. The predicted molar refractivity (Wildman–Crippen MR) is 79.5 cm³/mol. The van der Waals surface area contributed by atoms with Gasteiger partial charge in [-0.05, 0) is 26.2 Å². The Morgan fingerprint density at radius 1 is 1.48 bits per heavy atom. The molecule has 2 rings (SSSR count). The first kappa shape index (κ1) is 16.4. The number of nitrogens with one attached hydrogen (secondary N) is 3. The van der Waals surface area contributed by atoms with Crippen LogP contribution in [0.3, 0.4) is 0 Å². The highest BCUT2D eigenvalue weighted by molar-refractivity contribution is 7.89. The van der Waals surface area contributed by atoms with E-state index >= 15 is 0 Å². The smallest absolute Gasteiger partial charge is 0.260 e. The molecule has 1 heterocycles. The van der Waals surface area contributed by atoms with E-state index in [-0.39, 0.29) is 11.1 Å². The molecule has 0 amide bonds. The van der Waals surface area contributed by atoms with E-state index in [0.29, 0.717) is 31.2 Å². The summed E-state index contributed by atoms with van der Waals surface area (Å²) in [4.78, 5) is 0. The molecule has 1 aromatic rings. The Morgan fingerprint density at radius 2 is 2.19 bits per heavy atom. The van der Waals surface area contributed by atoms with Crippen LogP contribution >= 0.6 is 0 Å². The molecule has 1 unspecified atom stereocenters. The molecule has 0 aromatic carbocycles. The summed E-state index contributed by atoms with van der Waals surface area (Å²) in [6.07, 6.45) is 2.97. The van der Waals surface area contributed by atoms with Gasteiger partial charge in [0, 0.05) is 37.0 Å². The van der Waals surface area contributed by atoms with Gasteiger partial charge in [-0.2, -0.15) is 5.10 Å². The minimum atomic E-state index is -3.64. The summed E-state index contributed by atoms with van der Waals surface area (Å²) in [6, 6.07) is 0.265. The van der Waals surface area contributed by atoms with Crippen molar-refractivity contribution in [3.63, 3.8) is 0 Å². The maximum Gasteiger partial charge on any atom is 0.260 e. The summed E-state index contributed by atoms with van der Waals surface area (Å²) in [5, 5.41) is 10.2. The molecule has 21 heavy (non-hydrogen) atoms. The van der Waals surface area contributed by atoms with Crippen molar-refractivity contribution < 1.29 is 13.2 Å². The number of aryl methyl sites for hydroxylation is 1. The molecule has 0 bridgehead atoms. The number of hydrogen-bond acceptors (Lipinski definition) is 5. The molecule has 0 saturated heterocycles. The minimum absolute atomic E-state index is 0.0858. The second-order valence-corrected chi connectivity index (χ2v) is 7.10. The normalized spacial score (nSPS) is 17.1. The number of nitrogens with zero attached hydrogens (tertiary/aromatic N) is 1. The SMILES string of the molecule is CCC(COC)NS(=O)(=O)c1n[nH]c(C)c1CNC1CC1. The van der Waals surface area contributed by atoms with E-state index in [9.17, 15) is 8.42 Å². The van der Waals surface area contributed by atoms with Gasteiger partial charge in [0.15, 0.2) is 5.03 Å². The molecule has 1 saturated carbocycles. The first-order valence-electron chi connectivity index (χ1n) is 7.26. The van der Waals surface area contributed by atoms with E-state index < -0.39 is 10.0 Å². The lowest BCUT2D eigenvalue weighted by molar-refractivity contribution is 0.173. The number of ether oxygens (including phenoxy) is 1. The number of methoxy groups -OCH3 is 1. The average Bonchev–Trinajstić information content (AvgIpc) is 3.18. The van der Waals surface area contributed by atoms with Crippen LogP contribution < -0.4 is 10.0 Å². The number of aromatic amines is 1. The van der Waals surface area contributed by atoms with E-state index in [4.69, 9.17) is 4.74 Å². The van der Waals surface area contributed by atoms with Crippen molar-refractivity contribution in [1.29, 1.82) is 0 Å². The highest BCUT2D eigenvalue weighted by atomic mass is 32.2. The predicted octanol–water partition coefficient (Wildman–Crippen LogP) is 0.673. The molecular weight excluding hydrogens is 292 g/mol. The zero-order valence-electron chi connectivity index (χ0n) is 12.8. The van der Waals surface area contributed by atoms with Crippen LogP contribution in [0, 0.1) is 6.92 Å². The summed E-state index contributed by atoms with van der Waals surface area (Å²) in [5.41, 5.74) is 1.49. The lowest BCUT2D eigenvalue weighted by Gasteiger charge is -2.15. The zero-order chi connectivity index (χ0) is 15.5. The second-order valence-electron chi connectivity index (χ2n) is 5.47. The van der Waals surface area contributed by atoms with Crippen LogP contribution in [0.25, 0.3) is 0 Å². The fourth-order valence-corrected chi connectivity index (χ4v) is 3.61. The molecule has 1 aliphatic rings. The molecule has 0 spiro atoms. The lowest BCUT2D eigenvalue weighted by Crippen LogP contribution is -2.38. The van der Waals surface area contributed by atoms with Crippen LogP contribution in [0.15, 0.2) is 5.03 Å². The number of aromatic nitrogens is 2. The van der Waals surface area contributed by atoms with Gasteiger partial charge in [-0.3, -0.25) is 5.10 Å². The molecule has 0 radical (unpaired) electrons. The van der Waals surface area contributed by atoms with E-state index in [1.807, 2.05) is 13.8 Å². The number of sulfonamides is 1. The van der Waals surface area contributed by atoms with E-state index in [1.165, 1.54) is 0 Å². The van der Waals surface area contributed by atoms with E-state index in [1.54, 1.807) is 7.11 Å². The molecule has 1 aliphatic carbocycles. The van der Waals surface area contributed by atoms with Crippen molar-refractivity contribution >= 4 is 10.0 Å². The van der Waals surface area contributed by atoms with Gasteiger partial charge in [0.05, 0.1) is 6.61 Å². The Kier molecular flexibility index (Phi) is 5.37. The van der Waals surface area contributed by atoms with Crippen molar-refractivity contribution in [2.24, 2.45) is 0 Å². The summed E-state index contributed by atoms with van der Waals surface area (Å²) in [7, 11) is -2.09. The molecule has 1 atom stereocenters. The Labute approximate surface area is 125 Å². The van der Waals surface area contributed by atoms with Gasteiger partial charge in [-0.1, -0.05) is 6.92 Å². The molecule has 7 nitrogen and oxygen atoms in total. The van der Waals surface area contributed by atoms with Crippen LogP contribution in [0.5, 0.6) is 0 Å². The maximum atomic E-state index is 12.5. The Bertz CT molecular complexity index is 566. The number of H-pyrrole nitrogens is 1. The molecule has 8 heteroatoms. The summed E-state index contributed by atoms with van der Waals surface area (Å²) >= 11 is 0. The van der Waals surface area contributed by atoms with Gasteiger partial charge in [0.1, 0.15) is 0 Å². The molecular formula is C13H24N4O3S. The van der Waals surface area contributed by atoms with Gasteiger partial charge in [-0.25, -0.2) is 13.1 Å². The van der Waals surface area contributed by atoms with Gasteiger partial charge >= 0.3 is 0 Å². The highest BCUT2D eigenvalue weighted by Crippen LogP contribution is 2.22. The molecule has 1 aromatic heterocycles. The monoisotopic (exact) mass is 316 g/mol. The second kappa shape index (κ2) is 6.87. The molecule has 0 aliphatic heterocycles. The maximum absolute atomic E-state index is 12.5. The Morgan fingerprint density at radius 3 is 2.76 bits per heavy atom. The Hall–Kier alpha value is -0.960. The Balaban J connectivity index is 2.14. The van der Waals surface area contributed by atoms with Crippen LogP contribution in [0.1, 0.15) is 37.4 Å². The summed E-state index contributed by atoms with van der Waals surface area (Å²) < 4.78 is 32.7. The van der Waals surface area contributed by atoms with Crippen molar-refractivity contribution in [2.75, 3.05) is 13.7 Å². The van der Waals surface area contributed by atoms with Crippen LogP contribution in [-0.4, -0.2) is 44.4 Å². The van der Waals surface area contributed by atoms with E-state index in [2.05, 4.69) is 20.2 Å². The van der Waals surface area contributed by atoms with Gasteiger partial charge in [-0.15, -0.1) is 0 Å². The van der Waals surface area contributed by atoms with Crippen molar-refractivity contribution in [3.05, 3.63) is 11.3 Å². The van der Waals surface area contributed by atoms with Crippen LogP contribution in [0.2, 0.25) is 0 Å². The summed E-state index contributed by atoms with van der Waals surface area (Å²) in [6.45, 7) is 4.61. The number of hydrogen-bond donors (Lipinski definition) is 3.